The van der Waals surface area contributed by atoms with Gasteiger partial charge < -0.3 is 5.32 Å². The summed E-state index contributed by atoms with van der Waals surface area (Å²) in [5.74, 6) is 0.0491. The highest BCUT2D eigenvalue weighted by Gasteiger charge is 2.12. The fourth-order valence-electron chi connectivity index (χ4n) is 6.05. The van der Waals surface area contributed by atoms with Crippen molar-refractivity contribution in [1.82, 2.24) is 5.32 Å². The van der Waals surface area contributed by atoms with Crippen molar-refractivity contribution in [3.05, 3.63) is 137 Å². The summed E-state index contributed by atoms with van der Waals surface area (Å²) >= 11 is 0. The zero-order valence-electron chi connectivity index (χ0n) is 31.1. The molecule has 47 heavy (non-hydrogen) atoms. The summed E-state index contributed by atoms with van der Waals surface area (Å²) in [6.45, 7) is 27.6. The molecule has 0 atom stereocenters. The van der Waals surface area contributed by atoms with Crippen LogP contribution in [0.25, 0.3) is 24.3 Å². The third-order valence-corrected chi connectivity index (χ3v) is 10.4. The van der Waals surface area contributed by atoms with Gasteiger partial charge in [-0.15, -0.1) is 0 Å². The van der Waals surface area contributed by atoms with Crippen LogP contribution in [0.5, 0.6) is 0 Å². The van der Waals surface area contributed by atoms with Crippen LogP contribution in [0, 0.1) is 83.1 Å². The molecule has 0 aromatic heterocycles. The second-order valence-corrected chi connectivity index (χ2v) is 13.0. The highest BCUT2D eigenvalue weighted by atomic mass is 16.1. The van der Waals surface area contributed by atoms with Gasteiger partial charge in [0.25, 0.3) is 5.91 Å². The SMILES string of the molecule is CC(=O)c1ccc(C)c(/C=C/c2c(C)c(C)c(C)c(C)c2C)c1.CNC(=O)c1ccc(C)c(/C=C/c2c(C)c(C)c(C)c(C)c2C)c1. The molecule has 0 fully saturated rings. The predicted molar refractivity (Wildman–Crippen MR) is 204 cm³/mol. The number of carbonyl (C=O) groups excluding carboxylic acids is 2. The van der Waals surface area contributed by atoms with Gasteiger partial charge in [0.1, 0.15) is 0 Å². The highest BCUT2D eigenvalue weighted by molar-refractivity contribution is 5.95. The van der Waals surface area contributed by atoms with E-state index < -0.39 is 0 Å². The van der Waals surface area contributed by atoms with Crippen LogP contribution < -0.4 is 5.32 Å². The lowest BCUT2D eigenvalue weighted by Crippen LogP contribution is -2.17. The first-order valence-corrected chi connectivity index (χ1v) is 16.5. The number of benzene rings is 4. The molecular formula is C44H53NO2. The van der Waals surface area contributed by atoms with Crippen LogP contribution >= 0.6 is 0 Å². The largest absolute Gasteiger partial charge is 0.355 e. The van der Waals surface area contributed by atoms with Crippen LogP contribution in [-0.2, 0) is 0 Å². The van der Waals surface area contributed by atoms with Crippen LogP contribution in [-0.4, -0.2) is 18.7 Å². The summed E-state index contributed by atoms with van der Waals surface area (Å²) in [7, 11) is 1.66. The van der Waals surface area contributed by atoms with Gasteiger partial charge in [0.2, 0.25) is 0 Å². The van der Waals surface area contributed by atoms with Crippen LogP contribution in [0.4, 0.5) is 0 Å². The Bertz CT molecular complexity index is 1860. The Morgan fingerprint density at radius 2 is 0.787 bits per heavy atom. The normalized spacial score (nSPS) is 11.2. The van der Waals surface area contributed by atoms with Crippen molar-refractivity contribution >= 4 is 36.0 Å². The summed E-state index contributed by atoms with van der Waals surface area (Å²) in [5.41, 5.74) is 22.1. The first kappa shape index (κ1) is 37.0. The molecule has 0 bridgehead atoms. The molecule has 3 nitrogen and oxygen atoms in total. The van der Waals surface area contributed by atoms with Gasteiger partial charge in [0, 0.05) is 18.2 Å². The molecule has 1 N–H and O–H groups in total. The van der Waals surface area contributed by atoms with E-state index in [9.17, 15) is 9.59 Å². The number of hydrogen-bond donors (Lipinski definition) is 1. The van der Waals surface area contributed by atoms with Crippen molar-refractivity contribution in [2.45, 2.75) is 90.0 Å². The number of ketones is 1. The summed E-state index contributed by atoms with van der Waals surface area (Å²) < 4.78 is 0. The van der Waals surface area contributed by atoms with Crippen molar-refractivity contribution in [2.24, 2.45) is 0 Å². The Morgan fingerprint density at radius 1 is 0.468 bits per heavy atom. The molecule has 0 saturated carbocycles. The lowest BCUT2D eigenvalue weighted by Gasteiger charge is -2.16. The van der Waals surface area contributed by atoms with Crippen molar-refractivity contribution in [3.63, 3.8) is 0 Å². The molecule has 4 aromatic rings. The summed E-state index contributed by atoms with van der Waals surface area (Å²) in [6, 6.07) is 11.7. The van der Waals surface area contributed by atoms with E-state index in [2.05, 4.69) is 113 Å². The van der Waals surface area contributed by atoms with E-state index in [4.69, 9.17) is 0 Å². The Balaban J connectivity index is 0.000000256. The van der Waals surface area contributed by atoms with Gasteiger partial charge in [-0.3, -0.25) is 9.59 Å². The quantitative estimate of drug-likeness (QED) is 0.171. The summed E-state index contributed by atoms with van der Waals surface area (Å²) in [4.78, 5) is 23.4. The average Bonchev–Trinajstić information content (AvgIpc) is 3.05. The number of rotatable bonds is 6. The Morgan fingerprint density at radius 3 is 1.13 bits per heavy atom. The second kappa shape index (κ2) is 15.4. The monoisotopic (exact) mass is 627 g/mol. The van der Waals surface area contributed by atoms with Crippen LogP contribution in [0.1, 0.15) is 117 Å². The fraction of sp³-hybridized carbons (Fsp3) is 0.318. The van der Waals surface area contributed by atoms with Gasteiger partial charge >= 0.3 is 0 Å². The molecule has 0 radical (unpaired) electrons. The zero-order valence-corrected chi connectivity index (χ0v) is 31.1. The number of aryl methyl sites for hydroxylation is 2. The maximum atomic E-state index is 11.9. The predicted octanol–water partition coefficient (Wildman–Crippen LogP) is 11.0. The van der Waals surface area contributed by atoms with Crippen LogP contribution in [0.3, 0.4) is 0 Å². The van der Waals surface area contributed by atoms with Gasteiger partial charge in [-0.05, 0) is 197 Å². The Labute approximate surface area is 283 Å². The van der Waals surface area contributed by atoms with Gasteiger partial charge in [-0.1, -0.05) is 42.5 Å². The summed E-state index contributed by atoms with van der Waals surface area (Å²) in [5, 5.41) is 2.68. The molecule has 3 heteroatoms. The molecule has 0 heterocycles. The summed E-state index contributed by atoms with van der Waals surface area (Å²) in [6.07, 6.45) is 8.62. The van der Waals surface area contributed by atoms with Crippen molar-refractivity contribution in [3.8, 4) is 0 Å². The number of hydrogen-bond acceptors (Lipinski definition) is 2. The molecule has 0 spiro atoms. The molecule has 0 aliphatic rings. The molecule has 1 amide bonds. The van der Waals surface area contributed by atoms with Gasteiger partial charge in [-0.25, -0.2) is 0 Å². The molecule has 0 saturated heterocycles. The van der Waals surface area contributed by atoms with Crippen molar-refractivity contribution in [1.29, 1.82) is 0 Å². The minimum Gasteiger partial charge on any atom is -0.355 e. The topological polar surface area (TPSA) is 46.2 Å². The van der Waals surface area contributed by atoms with E-state index in [1.54, 1.807) is 14.0 Å². The van der Waals surface area contributed by atoms with Gasteiger partial charge in [0.15, 0.2) is 5.78 Å². The standard InChI is InChI=1S/C22H27NO.C22H26O/c1-13-8-9-20(22(24)23-7)12-19(13)10-11-21-17(5)15(3)14(2)16(4)18(21)6;1-13-8-9-21(19(7)23)12-20(13)10-11-22-17(5)15(3)14(2)16(4)18(22)6/h8-12H,1-7H3,(H,23,24);8-12H,1-7H3/b2*11-10+. The molecule has 0 aliphatic heterocycles. The lowest BCUT2D eigenvalue weighted by molar-refractivity contribution is 0.0961. The highest BCUT2D eigenvalue weighted by Crippen LogP contribution is 2.29. The van der Waals surface area contributed by atoms with Gasteiger partial charge in [0.05, 0.1) is 0 Å². The maximum Gasteiger partial charge on any atom is 0.251 e. The Hall–Kier alpha value is -4.50. The number of nitrogens with one attached hydrogen (secondary N) is 1. The first-order valence-electron chi connectivity index (χ1n) is 16.5. The number of amides is 1. The molecule has 0 unspecified atom stereocenters. The fourth-order valence-corrected chi connectivity index (χ4v) is 6.05. The minimum atomic E-state index is -0.0564. The second-order valence-electron chi connectivity index (χ2n) is 13.0. The van der Waals surface area contributed by atoms with E-state index >= 15 is 0 Å². The van der Waals surface area contributed by atoms with Crippen molar-refractivity contribution in [2.75, 3.05) is 7.05 Å². The zero-order chi connectivity index (χ0) is 35.3. The minimum absolute atomic E-state index is 0.0564. The molecule has 0 aliphatic carbocycles. The number of carbonyl (C=O) groups is 2. The van der Waals surface area contributed by atoms with Crippen LogP contribution in [0.2, 0.25) is 0 Å². The van der Waals surface area contributed by atoms with E-state index in [0.29, 0.717) is 5.56 Å². The van der Waals surface area contributed by atoms with Crippen LogP contribution in [0.15, 0.2) is 36.4 Å². The van der Waals surface area contributed by atoms with Crippen molar-refractivity contribution < 1.29 is 9.59 Å². The first-order chi connectivity index (χ1) is 22.0. The molecule has 4 aromatic carbocycles. The van der Waals surface area contributed by atoms with E-state index in [0.717, 1.165) is 22.3 Å². The third-order valence-electron chi connectivity index (χ3n) is 10.4. The molecular weight excluding hydrogens is 574 g/mol. The molecule has 246 valence electrons. The Kier molecular flexibility index (Phi) is 12.1. The number of Topliss-reactive ketones (excluding diaryl/α,β-unsaturated/α-hetero) is 1. The third kappa shape index (κ3) is 8.08. The van der Waals surface area contributed by atoms with E-state index in [1.807, 2.05) is 36.4 Å². The van der Waals surface area contributed by atoms with Gasteiger partial charge in [-0.2, -0.15) is 0 Å². The smallest absolute Gasteiger partial charge is 0.251 e. The van der Waals surface area contributed by atoms with E-state index in [-0.39, 0.29) is 11.7 Å². The molecule has 4 rings (SSSR count). The lowest BCUT2D eigenvalue weighted by atomic mass is 9.89. The average molecular weight is 628 g/mol. The maximum absolute atomic E-state index is 11.9. The van der Waals surface area contributed by atoms with E-state index in [1.165, 1.54) is 72.3 Å².